The summed E-state index contributed by atoms with van der Waals surface area (Å²) in [5.41, 5.74) is 0. The van der Waals surface area contributed by atoms with Crippen LogP contribution in [0.2, 0.25) is 0 Å². The van der Waals surface area contributed by atoms with Gasteiger partial charge in [0.05, 0.1) is 6.10 Å². The maximum Gasteiger partial charge on any atom is 0.257 e. The van der Waals surface area contributed by atoms with Gasteiger partial charge in [-0.2, -0.15) is 0 Å². The summed E-state index contributed by atoms with van der Waals surface area (Å²) in [4.78, 5) is 11.6. The Bertz CT molecular complexity index is 163. The van der Waals surface area contributed by atoms with E-state index in [4.69, 9.17) is 27.9 Å². The molecule has 3 nitrogen and oxygen atoms in total. The third kappa shape index (κ3) is 2.22. The molecule has 1 amide bonds. The molecule has 0 aliphatic carbocycles. The fourth-order valence-corrected chi connectivity index (χ4v) is 1.20. The maximum atomic E-state index is 11.1. The van der Waals surface area contributed by atoms with E-state index < -0.39 is 4.84 Å². The van der Waals surface area contributed by atoms with E-state index in [-0.39, 0.29) is 12.0 Å². The second-order valence-electron chi connectivity index (χ2n) is 2.47. The molecule has 0 N–H and O–H groups in total. The summed E-state index contributed by atoms with van der Waals surface area (Å²) in [6.07, 6.45) is 0.0889. The van der Waals surface area contributed by atoms with Crippen molar-refractivity contribution in [2.75, 3.05) is 13.3 Å². The number of hydrogen-bond donors (Lipinski definition) is 0. The van der Waals surface area contributed by atoms with Crippen molar-refractivity contribution in [1.82, 2.24) is 4.90 Å². The molecule has 0 bridgehead atoms. The molecule has 1 saturated heterocycles. The van der Waals surface area contributed by atoms with Crippen LogP contribution in [-0.4, -0.2) is 35.0 Å². The molecule has 0 aromatic carbocycles. The second-order valence-corrected chi connectivity index (χ2v) is 3.56. The molecule has 1 fully saturated rings. The average molecular weight is 198 g/mol. The Morgan fingerprint density at radius 2 is 2.36 bits per heavy atom. The highest BCUT2D eigenvalue weighted by molar-refractivity contribution is 6.53. The molecule has 1 heterocycles. The molecule has 1 atom stereocenters. The summed E-state index contributed by atoms with van der Waals surface area (Å²) < 4.78 is 5.12. The average Bonchev–Trinajstić information content (AvgIpc) is 2.34. The molecule has 1 aliphatic heterocycles. The number of ether oxygens (including phenoxy) is 1. The minimum atomic E-state index is -0.969. The van der Waals surface area contributed by atoms with Crippen molar-refractivity contribution in [2.24, 2.45) is 0 Å². The van der Waals surface area contributed by atoms with Crippen LogP contribution >= 0.6 is 23.2 Å². The van der Waals surface area contributed by atoms with Crippen LogP contribution in [-0.2, 0) is 9.53 Å². The van der Waals surface area contributed by atoms with E-state index in [2.05, 4.69) is 0 Å². The fraction of sp³-hybridized carbons (Fsp3) is 0.833. The first-order chi connectivity index (χ1) is 5.11. The van der Waals surface area contributed by atoms with Gasteiger partial charge in [-0.1, -0.05) is 23.2 Å². The smallest absolute Gasteiger partial charge is 0.257 e. The lowest BCUT2D eigenvalue weighted by atomic mass is 10.4. The second kappa shape index (κ2) is 3.61. The van der Waals surface area contributed by atoms with Crippen LogP contribution in [0.5, 0.6) is 0 Å². The third-order valence-electron chi connectivity index (χ3n) is 1.49. The van der Waals surface area contributed by atoms with Crippen molar-refractivity contribution in [3.63, 3.8) is 0 Å². The van der Waals surface area contributed by atoms with E-state index in [9.17, 15) is 4.79 Å². The Morgan fingerprint density at radius 1 is 1.73 bits per heavy atom. The molecular formula is C6H9Cl2NO2. The molecule has 0 spiro atoms. The monoisotopic (exact) mass is 197 g/mol. The number of halogens is 2. The van der Waals surface area contributed by atoms with E-state index >= 15 is 0 Å². The summed E-state index contributed by atoms with van der Waals surface area (Å²) >= 11 is 10.7. The van der Waals surface area contributed by atoms with Crippen LogP contribution in [0, 0.1) is 0 Å². The van der Waals surface area contributed by atoms with Gasteiger partial charge >= 0.3 is 0 Å². The number of hydrogen-bond acceptors (Lipinski definition) is 2. The van der Waals surface area contributed by atoms with Crippen LogP contribution in [0.3, 0.4) is 0 Å². The van der Waals surface area contributed by atoms with Gasteiger partial charge in [0.25, 0.3) is 5.91 Å². The number of nitrogens with zero attached hydrogens (tertiary/aromatic N) is 1. The molecule has 0 radical (unpaired) electrons. The SMILES string of the molecule is CC1CN(C(=O)C(Cl)Cl)CO1. The predicted octanol–water partition coefficient (Wildman–Crippen LogP) is 0.995. The first-order valence-corrected chi connectivity index (χ1v) is 4.17. The van der Waals surface area contributed by atoms with Gasteiger partial charge in [-0.15, -0.1) is 0 Å². The maximum absolute atomic E-state index is 11.1. The first-order valence-electron chi connectivity index (χ1n) is 3.30. The molecule has 1 aliphatic rings. The highest BCUT2D eigenvalue weighted by Gasteiger charge is 2.27. The lowest BCUT2D eigenvalue weighted by Crippen LogP contribution is -2.33. The number of carbonyl (C=O) groups is 1. The molecule has 0 saturated carbocycles. The Hall–Kier alpha value is 0.01000. The number of carbonyl (C=O) groups excluding carboxylic acids is 1. The highest BCUT2D eigenvalue weighted by atomic mass is 35.5. The summed E-state index contributed by atoms with van der Waals surface area (Å²) in [5.74, 6) is -0.280. The van der Waals surface area contributed by atoms with Gasteiger partial charge in [0, 0.05) is 6.54 Å². The lowest BCUT2D eigenvalue weighted by molar-refractivity contribution is -0.129. The Kier molecular flexibility index (Phi) is 2.98. The topological polar surface area (TPSA) is 29.5 Å². The van der Waals surface area contributed by atoms with Gasteiger partial charge in [0.1, 0.15) is 6.73 Å². The molecule has 11 heavy (non-hydrogen) atoms. The normalized spacial score (nSPS) is 24.7. The standard InChI is InChI=1S/C6H9Cl2NO2/c1-4-2-9(3-11-4)6(10)5(7)8/h4-5H,2-3H2,1H3. The zero-order chi connectivity index (χ0) is 8.43. The highest BCUT2D eigenvalue weighted by Crippen LogP contribution is 2.13. The van der Waals surface area contributed by atoms with Gasteiger partial charge in [0.2, 0.25) is 0 Å². The van der Waals surface area contributed by atoms with E-state index in [0.717, 1.165) is 0 Å². The van der Waals surface area contributed by atoms with Gasteiger partial charge in [-0.05, 0) is 6.92 Å². The Morgan fingerprint density at radius 3 is 2.73 bits per heavy atom. The number of amides is 1. The summed E-state index contributed by atoms with van der Waals surface area (Å²) in [5, 5.41) is 0. The third-order valence-corrected chi connectivity index (χ3v) is 1.86. The summed E-state index contributed by atoms with van der Waals surface area (Å²) in [6, 6.07) is 0. The van der Waals surface area contributed by atoms with Crippen LogP contribution in [0.25, 0.3) is 0 Å². The van der Waals surface area contributed by atoms with Crippen molar-refractivity contribution in [2.45, 2.75) is 17.9 Å². The zero-order valence-corrected chi connectivity index (χ0v) is 7.60. The molecular weight excluding hydrogens is 189 g/mol. The minimum absolute atomic E-state index is 0.0889. The van der Waals surface area contributed by atoms with Gasteiger partial charge in [0.15, 0.2) is 4.84 Å². The van der Waals surface area contributed by atoms with Crippen molar-refractivity contribution in [3.8, 4) is 0 Å². The van der Waals surface area contributed by atoms with Gasteiger partial charge in [-0.25, -0.2) is 0 Å². The molecule has 5 heteroatoms. The number of rotatable bonds is 1. The van der Waals surface area contributed by atoms with E-state index in [1.807, 2.05) is 6.92 Å². The molecule has 64 valence electrons. The Labute approximate surface area is 75.2 Å². The molecule has 1 rings (SSSR count). The molecule has 0 aromatic rings. The quantitative estimate of drug-likeness (QED) is 0.588. The lowest BCUT2D eigenvalue weighted by Gasteiger charge is -2.13. The minimum Gasteiger partial charge on any atom is -0.356 e. The predicted molar refractivity (Wildman–Crippen MR) is 42.6 cm³/mol. The Balaban J connectivity index is 2.43. The van der Waals surface area contributed by atoms with Gasteiger partial charge in [-0.3, -0.25) is 4.79 Å². The van der Waals surface area contributed by atoms with Crippen LogP contribution in [0.4, 0.5) is 0 Å². The van der Waals surface area contributed by atoms with Crippen LogP contribution in [0.15, 0.2) is 0 Å². The van der Waals surface area contributed by atoms with E-state index in [0.29, 0.717) is 13.3 Å². The van der Waals surface area contributed by atoms with Crippen molar-refractivity contribution >= 4 is 29.1 Å². The first kappa shape index (κ1) is 9.10. The zero-order valence-electron chi connectivity index (χ0n) is 6.09. The van der Waals surface area contributed by atoms with Gasteiger partial charge < -0.3 is 9.64 Å². The summed E-state index contributed by atoms with van der Waals surface area (Å²) in [7, 11) is 0. The van der Waals surface area contributed by atoms with Crippen LogP contribution < -0.4 is 0 Å². The van der Waals surface area contributed by atoms with Crippen LogP contribution in [0.1, 0.15) is 6.92 Å². The van der Waals surface area contributed by atoms with E-state index in [1.165, 1.54) is 4.90 Å². The fourth-order valence-electron chi connectivity index (χ4n) is 0.925. The van der Waals surface area contributed by atoms with E-state index in [1.54, 1.807) is 0 Å². The molecule has 1 unspecified atom stereocenters. The largest absolute Gasteiger partial charge is 0.356 e. The van der Waals surface area contributed by atoms with Crippen molar-refractivity contribution in [3.05, 3.63) is 0 Å². The van der Waals surface area contributed by atoms with Crippen molar-refractivity contribution < 1.29 is 9.53 Å². The summed E-state index contributed by atoms with van der Waals surface area (Å²) in [6.45, 7) is 2.77. The number of alkyl halides is 2. The van der Waals surface area contributed by atoms with Crippen molar-refractivity contribution in [1.29, 1.82) is 0 Å². The molecule has 0 aromatic heterocycles.